The Hall–Kier alpha value is -0.640. The zero-order chi connectivity index (χ0) is 12.9. The van der Waals surface area contributed by atoms with Gasteiger partial charge in [-0.25, -0.2) is 0 Å². The molecule has 0 aromatic carbocycles. The molecule has 0 fully saturated rings. The normalized spacial score (nSPS) is 15.8. The van der Waals surface area contributed by atoms with Crippen molar-refractivity contribution < 1.29 is 10.2 Å². The molecule has 100 valence electrons. The highest BCUT2D eigenvalue weighted by Crippen LogP contribution is 2.02. The van der Waals surface area contributed by atoms with E-state index in [1.54, 1.807) is 6.08 Å². The van der Waals surface area contributed by atoms with Crippen molar-refractivity contribution in [2.75, 3.05) is 6.61 Å². The van der Waals surface area contributed by atoms with E-state index in [-0.39, 0.29) is 6.61 Å². The van der Waals surface area contributed by atoms with Crippen LogP contribution in [0.15, 0.2) is 24.3 Å². The third kappa shape index (κ3) is 10.2. The Kier molecular flexibility index (Phi) is 11.4. The van der Waals surface area contributed by atoms with E-state index in [1.807, 2.05) is 6.08 Å². The topological polar surface area (TPSA) is 66.5 Å². The van der Waals surface area contributed by atoms with Crippen LogP contribution in [-0.2, 0) is 0 Å². The molecule has 0 aliphatic rings. The molecule has 0 aliphatic heterocycles. The van der Waals surface area contributed by atoms with Crippen molar-refractivity contribution in [1.82, 2.24) is 0 Å². The molecule has 0 aromatic heterocycles. The number of nitrogens with two attached hydrogens (primary N) is 1. The second-order valence-corrected chi connectivity index (χ2v) is 4.31. The molecule has 2 unspecified atom stereocenters. The quantitative estimate of drug-likeness (QED) is 0.405. The summed E-state index contributed by atoms with van der Waals surface area (Å²) in [7, 11) is 0. The summed E-state index contributed by atoms with van der Waals surface area (Å²) in [5, 5.41) is 18.1. The minimum absolute atomic E-state index is 0.192. The fourth-order valence-corrected chi connectivity index (χ4v) is 1.43. The Balaban J connectivity index is 3.46. The molecule has 0 rings (SSSR count). The zero-order valence-electron chi connectivity index (χ0n) is 10.9. The van der Waals surface area contributed by atoms with Crippen molar-refractivity contribution in [2.24, 2.45) is 5.73 Å². The van der Waals surface area contributed by atoms with E-state index >= 15 is 0 Å². The number of allylic oxidation sites excluding steroid dienone is 3. The van der Waals surface area contributed by atoms with Gasteiger partial charge in [0.05, 0.1) is 18.8 Å². The second kappa shape index (κ2) is 11.8. The average molecular weight is 241 g/mol. The van der Waals surface area contributed by atoms with Crippen LogP contribution in [0.5, 0.6) is 0 Å². The second-order valence-electron chi connectivity index (χ2n) is 4.31. The van der Waals surface area contributed by atoms with Gasteiger partial charge in [0, 0.05) is 0 Å². The Morgan fingerprint density at radius 2 is 1.71 bits per heavy atom. The van der Waals surface area contributed by atoms with Crippen molar-refractivity contribution >= 4 is 0 Å². The highest BCUT2D eigenvalue weighted by Gasteiger charge is 2.08. The fourth-order valence-electron chi connectivity index (χ4n) is 1.43. The molecule has 17 heavy (non-hydrogen) atoms. The highest BCUT2D eigenvalue weighted by molar-refractivity contribution is 4.95. The van der Waals surface area contributed by atoms with Crippen molar-refractivity contribution in [1.29, 1.82) is 0 Å². The molecule has 3 heteroatoms. The average Bonchev–Trinajstić information content (AvgIpc) is 2.35. The predicted molar refractivity (Wildman–Crippen MR) is 72.7 cm³/mol. The molecule has 0 saturated heterocycles. The van der Waals surface area contributed by atoms with E-state index in [2.05, 4.69) is 19.1 Å². The first-order valence-corrected chi connectivity index (χ1v) is 6.58. The molecule has 0 heterocycles. The number of unbranched alkanes of at least 4 members (excludes halogenated alkanes) is 4. The molecular formula is C14H27NO2. The molecule has 0 amide bonds. The summed E-state index contributed by atoms with van der Waals surface area (Å²) in [4.78, 5) is 0. The van der Waals surface area contributed by atoms with Crippen molar-refractivity contribution in [3.05, 3.63) is 24.3 Å². The van der Waals surface area contributed by atoms with E-state index in [0.717, 1.165) is 19.3 Å². The van der Waals surface area contributed by atoms with E-state index in [9.17, 15) is 5.11 Å². The van der Waals surface area contributed by atoms with Gasteiger partial charge < -0.3 is 15.9 Å². The maximum absolute atomic E-state index is 9.43. The maximum atomic E-state index is 9.43. The molecule has 0 radical (unpaired) electrons. The summed E-state index contributed by atoms with van der Waals surface area (Å²) in [6.07, 6.45) is 14.1. The lowest BCUT2D eigenvalue weighted by molar-refractivity contribution is 0.144. The summed E-state index contributed by atoms with van der Waals surface area (Å²) in [6, 6.07) is -0.573. The summed E-state index contributed by atoms with van der Waals surface area (Å²) < 4.78 is 0. The Morgan fingerprint density at radius 1 is 1.06 bits per heavy atom. The number of aliphatic hydroxyl groups excluding tert-OH is 2. The van der Waals surface area contributed by atoms with Crippen LogP contribution in [0.25, 0.3) is 0 Å². The lowest BCUT2D eigenvalue weighted by atomic mass is 10.1. The van der Waals surface area contributed by atoms with Crippen molar-refractivity contribution in [3.63, 3.8) is 0 Å². The van der Waals surface area contributed by atoms with Crippen LogP contribution in [0.2, 0.25) is 0 Å². The maximum Gasteiger partial charge on any atom is 0.0894 e. The van der Waals surface area contributed by atoms with Gasteiger partial charge in [0.25, 0.3) is 0 Å². The van der Waals surface area contributed by atoms with Crippen LogP contribution in [0, 0.1) is 0 Å². The summed E-state index contributed by atoms with van der Waals surface area (Å²) in [6.45, 7) is 2.01. The first-order chi connectivity index (χ1) is 8.22. The number of aliphatic hydroxyl groups is 2. The minimum Gasteiger partial charge on any atom is -0.395 e. The van der Waals surface area contributed by atoms with Crippen LogP contribution in [-0.4, -0.2) is 29.0 Å². The molecule has 2 atom stereocenters. The monoisotopic (exact) mass is 241 g/mol. The Morgan fingerprint density at radius 3 is 2.35 bits per heavy atom. The smallest absolute Gasteiger partial charge is 0.0894 e. The van der Waals surface area contributed by atoms with Gasteiger partial charge in [-0.15, -0.1) is 0 Å². The zero-order valence-corrected chi connectivity index (χ0v) is 10.9. The van der Waals surface area contributed by atoms with E-state index in [1.165, 1.54) is 19.3 Å². The van der Waals surface area contributed by atoms with Gasteiger partial charge in [0.15, 0.2) is 0 Å². The Labute approximate surface area is 105 Å². The van der Waals surface area contributed by atoms with Gasteiger partial charge in [-0.1, -0.05) is 44.1 Å². The standard InChI is InChI=1S/C14H27NO2/c1-2-3-4-5-6-7-8-9-10-11-14(17)13(15)12-16/h6-7,10-11,13-14,16-17H,2-5,8-9,12,15H2,1H3/b7-6+,11-10+. The molecule has 0 aromatic rings. The SMILES string of the molecule is CCCCC/C=C/CC/C=C/C(O)C(N)CO. The highest BCUT2D eigenvalue weighted by atomic mass is 16.3. The lowest BCUT2D eigenvalue weighted by Crippen LogP contribution is -2.36. The molecule has 4 N–H and O–H groups in total. The molecule has 0 aliphatic carbocycles. The van der Waals surface area contributed by atoms with Gasteiger partial charge >= 0.3 is 0 Å². The van der Waals surface area contributed by atoms with Gasteiger partial charge in [-0.2, -0.15) is 0 Å². The molecule has 3 nitrogen and oxygen atoms in total. The fraction of sp³-hybridized carbons (Fsp3) is 0.714. The number of hydrogen-bond donors (Lipinski definition) is 3. The van der Waals surface area contributed by atoms with Crippen molar-refractivity contribution in [3.8, 4) is 0 Å². The van der Waals surface area contributed by atoms with Crippen molar-refractivity contribution in [2.45, 2.75) is 57.6 Å². The van der Waals surface area contributed by atoms with Gasteiger partial charge in [0.2, 0.25) is 0 Å². The minimum atomic E-state index is -0.742. The van der Waals surface area contributed by atoms with Crippen LogP contribution in [0.4, 0.5) is 0 Å². The van der Waals surface area contributed by atoms with E-state index in [4.69, 9.17) is 10.8 Å². The molecular weight excluding hydrogens is 214 g/mol. The third-order valence-electron chi connectivity index (χ3n) is 2.62. The lowest BCUT2D eigenvalue weighted by Gasteiger charge is -2.11. The summed E-state index contributed by atoms with van der Waals surface area (Å²) in [5.41, 5.74) is 5.46. The van der Waals surface area contributed by atoms with Gasteiger partial charge in [0.1, 0.15) is 0 Å². The first kappa shape index (κ1) is 16.4. The molecule has 0 saturated carbocycles. The van der Waals surface area contributed by atoms with Gasteiger partial charge in [-0.3, -0.25) is 0 Å². The first-order valence-electron chi connectivity index (χ1n) is 6.58. The third-order valence-corrected chi connectivity index (χ3v) is 2.62. The summed E-state index contributed by atoms with van der Waals surface area (Å²) in [5.74, 6) is 0. The van der Waals surface area contributed by atoms with E-state index < -0.39 is 12.1 Å². The predicted octanol–water partition coefficient (Wildman–Crippen LogP) is 2.14. The molecule has 0 spiro atoms. The van der Waals surface area contributed by atoms with E-state index in [0.29, 0.717) is 0 Å². The molecule has 0 bridgehead atoms. The largest absolute Gasteiger partial charge is 0.395 e. The van der Waals surface area contributed by atoms with Gasteiger partial charge in [-0.05, 0) is 25.7 Å². The van der Waals surface area contributed by atoms with Crippen LogP contribution < -0.4 is 5.73 Å². The van der Waals surface area contributed by atoms with Crippen LogP contribution >= 0.6 is 0 Å². The van der Waals surface area contributed by atoms with Crippen LogP contribution in [0.1, 0.15) is 45.4 Å². The Bertz CT molecular complexity index is 214. The van der Waals surface area contributed by atoms with Crippen LogP contribution in [0.3, 0.4) is 0 Å². The number of rotatable bonds is 10. The number of hydrogen-bond acceptors (Lipinski definition) is 3. The summed E-state index contributed by atoms with van der Waals surface area (Å²) >= 11 is 0.